The number of methoxy groups -OCH3 is 1. The van der Waals surface area contributed by atoms with Gasteiger partial charge in [0.1, 0.15) is 5.75 Å². The van der Waals surface area contributed by atoms with Gasteiger partial charge in [0.05, 0.1) is 24.4 Å². The quantitative estimate of drug-likeness (QED) is 0.488. The van der Waals surface area contributed by atoms with Crippen LogP contribution >= 0.6 is 0 Å². The maximum atomic E-state index is 13.6. The molecule has 1 aliphatic rings. The van der Waals surface area contributed by atoms with E-state index >= 15 is 0 Å². The Balaban J connectivity index is 1.49. The first kappa shape index (κ1) is 21.6. The van der Waals surface area contributed by atoms with Gasteiger partial charge in [-0.1, -0.05) is 12.1 Å². The van der Waals surface area contributed by atoms with E-state index in [9.17, 15) is 4.79 Å². The molecule has 5 rings (SSSR count). The number of aromatic nitrogens is 5. The van der Waals surface area contributed by atoms with Crippen LogP contribution in [0.15, 0.2) is 67.3 Å². The van der Waals surface area contributed by atoms with Crippen LogP contribution in [0.25, 0.3) is 16.9 Å². The molecule has 0 spiro atoms. The van der Waals surface area contributed by atoms with E-state index in [1.54, 1.807) is 42.5 Å². The van der Waals surface area contributed by atoms with Gasteiger partial charge in [-0.25, -0.2) is 19.6 Å². The second kappa shape index (κ2) is 9.30. The lowest BCUT2D eigenvalue weighted by Gasteiger charge is -2.36. The van der Waals surface area contributed by atoms with Crippen molar-refractivity contribution in [3.05, 3.63) is 78.5 Å². The van der Waals surface area contributed by atoms with Crippen molar-refractivity contribution >= 4 is 11.9 Å². The summed E-state index contributed by atoms with van der Waals surface area (Å²) in [6.45, 7) is 0.631. The first-order chi connectivity index (χ1) is 16.6. The lowest BCUT2D eigenvalue weighted by molar-refractivity contribution is 0.0606. The van der Waals surface area contributed by atoms with Crippen molar-refractivity contribution in [2.75, 3.05) is 19.4 Å². The van der Waals surface area contributed by atoms with Crippen LogP contribution in [0.3, 0.4) is 0 Å². The van der Waals surface area contributed by atoms with Crippen LogP contribution in [0.1, 0.15) is 41.4 Å². The van der Waals surface area contributed by atoms with Gasteiger partial charge in [0.2, 0.25) is 5.95 Å². The molecule has 0 bridgehead atoms. The summed E-state index contributed by atoms with van der Waals surface area (Å²) in [4.78, 5) is 28.7. The molecule has 1 atom stereocenters. The van der Waals surface area contributed by atoms with Gasteiger partial charge in [0.25, 0.3) is 5.91 Å². The number of piperidine rings is 1. The van der Waals surface area contributed by atoms with Crippen LogP contribution in [-0.4, -0.2) is 49.2 Å². The van der Waals surface area contributed by atoms with Gasteiger partial charge in [-0.2, -0.15) is 5.10 Å². The number of ether oxygens (including phenoxy) is 1. The zero-order valence-electron chi connectivity index (χ0n) is 18.8. The summed E-state index contributed by atoms with van der Waals surface area (Å²) >= 11 is 0. The zero-order valence-corrected chi connectivity index (χ0v) is 18.8. The predicted molar refractivity (Wildman–Crippen MR) is 127 cm³/mol. The number of carbonyl (C=O) groups is 1. The van der Waals surface area contributed by atoms with Crippen LogP contribution in [0.4, 0.5) is 5.95 Å². The van der Waals surface area contributed by atoms with Gasteiger partial charge in [-0.05, 0) is 55.2 Å². The Morgan fingerprint density at radius 1 is 1.12 bits per heavy atom. The number of carbonyl (C=O) groups excluding carboxylic acids is 1. The van der Waals surface area contributed by atoms with Gasteiger partial charge >= 0.3 is 0 Å². The van der Waals surface area contributed by atoms with Crippen LogP contribution in [-0.2, 0) is 0 Å². The van der Waals surface area contributed by atoms with Crippen molar-refractivity contribution in [2.45, 2.75) is 25.3 Å². The van der Waals surface area contributed by atoms with Crippen molar-refractivity contribution in [3.63, 3.8) is 0 Å². The number of pyridine rings is 1. The summed E-state index contributed by atoms with van der Waals surface area (Å²) in [6, 6.07) is 12.9. The Morgan fingerprint density at radius 2 is 2.03 bits per heavy atom. The van der Waals surface area contributed by atoms with Crippen molar-refractivity contribution in [1.29, 1.82) is 0 Å². The van der Waals surface area contributed by atoms with E-state index < -0.39 is 0 Å². The largest absolute Gasteiger partial charge is 0.497 e. The molecule has 1 aliphatic heterocycles. The first-order valence-electron chi connectivity index (χ1n) is 11.2. The minimum Gasteiger partial charge on any atom is -0.497 e. The molecule has 1 amide bonds. The third-order valence-electron chi connectivity index (χ3n) is 6.03. The standard InChI is InChI=1S/C25H25N7O2/c1-34-19-7-4-6-17(14-19)20-16-28-25(26)30-23(20)21-8-2-3-12-31(21)24(33)18-9-10-22(27-15-18)32-13-5-11-29-32/h4-7,9-11,13-16,21H,2-3,8,12H2,1H3,(H2,26,28,30)/t21-/m1/s1. The van der Waals surface area contributed by atoms with Crippen LogP contribution < -0.4 is 10.5 Å². The van der Waals surface area contributed by atoms with Crippen molar-refractivity contribution in [2.24, 2.45) is 0 Å². The monoisotopic (exact) mass is 455 g/mol. The number of anilines is 1. The molecular weight excluding hydrogens is 430 g/mol. The van der Waals surface area contributed by atoms with Gasteiger partial charge in [0.15, 0.2) is 5.82 Å². The number of benzene rings is 1. The van der Waals surface area contributed by atoms with Gasteiger partial charge in [-0.15, -0.1) is 0 Å². The maximum Gasteiger partial charge on any atom is 0.255 e. The van der Waals surface area contributed by atoms with E-state index in [1.165, 1.54) is 0 Å². The number of amides is 1. The Morgan fingerprint density at radius 3 is 2.79 bits per heavy atom. The van der Waals surface area contributed by atoms with Crippen molar-refractivity contribution in [3.8, 4) is 22.7 Å². The molecule has 0 radical (unpaired) electrons. The van der Waals surface area contributed by atoms with E-state index in [-0.39, 0.29) is 17.9 Å². The summed E-state index contributed by atoms with van der Waals surface area (Å²) in [7, 11) is 1.63. The maximum absolute atomic E-state index is 13.6. The average molecular weight is 456 g/mol. The summed E-state index contributed by atoms with van der Waals surface area (Å²) in [5, 5.41) is 4.19. The number of nitrogen functional groups attached to an aromatic ring is 1. The molecule has 4 aromatic rings. The van der Waals surface area contributed by atoms with Gasteiger partial charge in [0, 0.05) is 36.9 Å². The predicted octanol–water partition coefficient (Wildman–Crippen LogP) is 3.68. The fraction of sp³-hybridized carbons (Fsp3) is 0.240. The summed E-state index contributed by atoms with van der Waals surface area (Å²) < 4.78 is 7.05. The van der Waals surface area contributed by atoms with E-state index in [4.69, 9.17) is 10.5 Å². The second-order valence-corrected chi connectivity index (χ2v) is 8.12. The highest BCUT2D eigenvalue weighted by molar-refractivity contribution is 5.94. The highest BCUT2D eigenvalue weighted by atomic mass is 16.5. The second-order valence-electron chi connectivity index (χ2n) is 8.12. The lowest BCUT2D eigenvalue weighted by Crippen LogP contribution is -2.39. The average Bonchev–Trinajstić information content (AvgIpc) is 3.43. The molecule has 172 valence electrons. The Labute approximate surface area is 197 Å². The minimum atomic E-state index is -0.224. The minimum absolute atomic E-state index is 0.0852. The molecule has 1 saturated heterocycles. The molecule has 3 aromatic heterocycles. The van der Waals surface area contributed by atoms with Gasteiger partial charge in [-0.3, -0.25) is 4.79 Å². The SMILES string of the molecule is COc1cccc(-c2cnc(N)nc2[C@H]2CCCCN2C(=O)c2ccc(-n3cccn3)nc2)c1. The van der Waals surface area contributed by atoms with Crippen LogP contribution in [0.2, 0.25) is 0 Å². The highest BCUT2D eigenvalue weighted by Gasteiger charge is 2.32. The number of likely N-dealkylation sites (tertiary alicyclic amines) is 1. The molecule has 1 fully saturated rings. The van der Waals surface area contributed by atoms with Gasteiger partial charge < -0.3 is 15.4 Å². The molecule has 0 aliphatic carbocycles. The normalized spacial score (nSPS) is 15.8. The molecule has 9 heteroatoms. The Kier molecular flexibility index (Phi) is 5.90. The first-order valence-corrected chi connectivity index (χ1v) is 11.2. The summed E-state index contributed by atoms with van der Waals surface area (Å²) in [6.07, 6.45) is 9.53. The number of nitrogens with zero attached hydrogens (tertiary/aromatic N) is 6. The topological polar surface area (TPSA) is 112 Å². The number of hydrogen-bond donors (Lipinski definition) is 1. The van der Waals surface area contributed by atoms with E-state index in [1.807, 2.05) is 41.4 Å². The summed E-state index contributed by atoms with van der Waals surface area (Å²) in [5.41, 5.74) is 9.01. The number of hydrogen-bond acceptors (Lipinski definition) is 7. The smallest absolute Gasteiger partial charge is 0.255 e. The molecule has 34 heavy (non-hydrogen) atoms. The molecule has 9 nitrogen and oxygen atoms in total. The molecule has 0 unspecified atom stereocenters. The summed E-state index contributed by atoms with van der Waals surface area (Å²) in [5.74, 6) is 1.49. The molecule has 0 saturated carbocycles. The zero-order chi connectivity index (χ0) is 23.5. The van der Waals surface area contributed by atoms with Crippen molar-refractivity contribution < 1.29 is 9.53 Å². The molecular formula is C25H25N7O2. The Hall–Kier alpha value is -4.27. The fourth-order valence-electron chi connectivity index (χ4n) is 4.35. The fourth-order valence-corrected chi connectivity index (χ4v) is 4.35. The molecule has 4 heterocycles. The molecule has 1 aromatic carbocycles. The van der Waals surface area contributed by atoms with E-state index in [0.717, 1.165) is 41.8 Å². The third kappa shape index (κ3) is 4.19. The highest BCUT2D eigenvalue weighted by Crippen LogP contribution is 2.37. The molecule has 2 N–H and O–H groups in total. The third-order valence-corrected chi connectivity index (χ3v) is 6.03. The van der Waals surface area contributed by atoms with E-state index in [2.05, 4.69) is 20.1 Å². The van der Waals surface area contributed by atoms with E-state index in [0.29, 0.717) is 17.9 Å². The lowest BCUT2D eigenvalue weighted by atomic mass is 9.93. The van der Waals surface area contributed by atoms with Crippen LogP contribution in [0, 0.1) is 0 Å². The number of nitrogens with two attached hydrogens (primary N) is 1. The number of rotatable bonds is 5. The Bertz CT molecular complexity index is 1290. The van der Waals surface area contributed by atoms with Crippen molar-refractivity contribution in [1.82, 2.24) is 29.6 Å². The van der Waals surface area contributed by atoms with Crippen LogP contribution in [0.5, 0.6) is 5.75 Å².